The number of nitrogens with one attached hydrogen (secondary N) is 1. The van der Waals surface area contributed by atoms with Gasteiger partial charge in [-0.05, 0) is 43.2 Å². The molecule has 0 saturated heterocycles. The highest BCUT2D eigenvalue weighted by Crippen LogP contribution is 2.28. The largest absolute Gasteiger partial charge is 0.356 e. The van der Waals surface area contributed by atoms with Crippen molar-refractivity contribution in [3.63, 3.8) is 0 Å². The van der Waals surface area contributed by atoms with Crippen molar-refractivity contribution in [3.05, 3.63) is 30.2 Å². The van der Waals surface area contributed by atoms with Crippen molar-refractivity contribution in [2.24, 2.45) is 16.8 Å². The Morgan fingerprint density at radius 3 is 2.85 bits per heavy atom. The van der Waals surface area contributed by atoms with Crippen LogP contribution in [0.4, 0.5) is 0 Å². The maximum absolute atomic E-state index is 4.45. The van der Waals surface area contributed by atoms with Crippen LogP contribution in [0.5, 0.6) is 0 Å². The molecule has 0 amide bonds. The van der Waals surface area contributed by atoms with Gasteiger partial charge in [0.2, 0.25) is 0 Å². The lowest BCUT2D eigenvalue weighted by atomic mass is 9.83. The summed E-state index contributed by atoms with van der Waals surface area (Å²) in [6, 6.07) is 5.99. The topological polar surface area (TPSA) is 57.8 Å². The Labute approximate surface area is 156 Å². The lowest BCUT2D eigenvalue weighted by Crippen LogP contribution is -2.42. The van der Waals surface area contributed by atoms with Crippen LogP contribution in [0.15, 0.2) is 29.4 Å². The molecule has 0 unspecified atom stereocenters. The van der Waals surface area contributed by atoms with Crippen molar-refractivity contribution >= 4 is 11.6 Å². The van der Waals surface area contributed by atoms with Crippen LogP contribution in [0, 0.1) is 11.8 Å². The Kier molecular flexibility index (Phi) is 6.47. The van der Waals surface area contributed by atoms with Crippen molar-refractivity contribution in [1.82, 2.24) is 24.8 Å². The molecule has 0 aliphatic heterocycles. The van der Waals surface area contributed by atoms with Crippen LogP contribution in [0.3, 0.4) is 0 Å². The number of hydrogen-bond donors (Lipinski definition) is 1. The highest BCUT2D eigenvalue weighted by Gasteiger charge is 2.20. The highest BCUT2D eigenvalue weighted by molar-refractivity contribution is 5.79. The zero-order chi connectivity index (χ0) is 18.4. The zero-order valence-corrected chi connectivity index (χ0v) is 16.4. The van der Waals surface area contributed by atoms with Gasteiger partial charge in [-0.1, -0.05) is 25.8 Å². The van der Waals surface area contributed by atoms with E-state index in [-0.39, 0.29) is 0 Å². The molecule has 142 valence electrons. The summed E-state index contributed by atoms with van der Waals surface area (Å²) in [6.45, 7) is 4.36. The van der Waals surface area contributed by atoms with Gasteiger partial charge in [-0.25, -0.2) is 0 Å². The van der Waals surface area contributed by atoms with Gasteiger partial charge in [-0.2, -0.15) is 0 Å². The first-order valence-corrected chi connectivity index (χ1v) is 9.87. The molecule has 1 aliphatic carbocycles. The number of fused-ring (bicyclic) bond motifs is 1. The summed E-state index contributed by atoms with van der Waals surface area (Å²) >= 11 is 0. The summed E-state index contributed by atoms with van der Waals surface area (Å²) in [7, 11) is 4.02. The van der Waals surface area contributed by atoms with E-state index in [1.807, 2.05) is 31.4 Å². The molecule has 0 radical (unpaired) electrons. The van der Waals surface area contributed by atoms with Crippen LogP contribution >= 0.6 is 0 Å². The quantitative estimate of drug-likeness (QED) is 0.491. The number of aromatic nitrogens is 3. The maximum Gasteiger partial charge on any atom is 0.193 e. The lowest BCUT2D eigenvalue weighted by molar-refractivity contribution is 0.250. The second-order valence-electron chi connectivity index (χ2n) is 7.63. The number of aryl methyl sites for hydroxylation is 1. The van der Waals surface area contributed by atoms with Gasteiger partial charge in [-0.3, -0.25) is 9.39 Å². The SMILES string of the molecule is CN=C(NCCCc1nnc2ccccn12)N(C)CC1CCC(C)CC1. The monoisotopic (exact) mass is 356 g/mol. The van der Waals surface area contributed by atoms with E-state index in [2.05, 4.69) is 43.8 Å². The minimum atomic E-state index is 0.803. The number of guanidine groups is 1. The second kappa shape index (κ2) is 9.01. The van der Waals surface area contributed by atoms with E-state index in [1.165, 1.54) is 25.7 Å². The van der Waals surface area contributed by atoms with Gasteiger partial charge in [0.1, 0.15) is 5.82 Å². The molecule has 0 atom stereocenters. The average Bonchev–Trinajstić information content (AvgIpc) is 3.07. The fraction of sp³-hybridized carbons (Fsp3) is 0.650. The Balaban J connectivity index is 1.42. The number of pyridine rings is 1. The van der Waals surface area contributed by atoms with Gasteiger partial charge >= 0.3 is 0 Å². The molecule has 1 N–H and O–H groups in total. The minimum Gasteiger partial charge on any atom is -0.356 e. The standard InChI is InChI=1S/C20H32N6/c1-16-9-11-17(12-10-16)15-25(3)20(21-2)22-13-6-8-19-24-23-18-7-4-5-14-26(18)19/h4-5,7,14,16-17H,6,8-13,15H2,1-3H3,(H,21,22). The Hall–Kier alpha value is -2.11. The molecule has 0 bridgehead atoms. The molecule has 1 fully saturated rings. The van der Waals surface area contributed by atoms with Crippen molar-refractivity contribution in [1.29, 1.82) is 0 Å². The normalized spacial score (nSPS) is 21.1. The van der Waals surface area contributed by atoms with Crippen molar-refractivity contribution < 1.29 is 0 Å². The first kappa shape index (κ1) is 18.7. The van der Waals surface area contributed by atoms with Gasteiger partial charge < -0.3 is 10.2 Å². The molecular formula is C20H32N6. The number of nitrogens with zero attached hydrogens (tertiary/aromatic N) is 5. The highest BCUT2D eigenvalue weighted by atomic mass is 15.3. The summed E-state index contributed by atoms with van der Waals surface area (Å²) in [5.41, 5.74) is 0.910. The third-order valence-corrected chi connectivity index (χ3v) is 5.49. The van der Waals surface area contributed by atoms with Crippen LogP contribution in [0.1, 0.15) is 44.9 Å². The summed E-state index contributed by atoms with van der Waals surface area (Å²) in [6.07, 6.45) is 9.37. The first-order valence-electron chi connectivity index (χ1n) is 9.87. The van der Waals surface area contributed by atoms with Crippen molar-refractivity contribution in [2.45, 2.75) is 45.4 Å². The fourth-order valence-corrected chi connectivity index (χ4v) is 3.88. The fourth-order valence-electron chi connectivity index (χ4n) is 3.88. The van der Waals surface area contributed by atoms with Crippen molar-refractivity contribution in [2.75, 3.05) is 27.2 Å². The van der Waals surface area contributed by atoms with Gasteiger partial charge in [0.05, 0.1) is 0 Å². The van der Waals surface area contributed by atoms with Gasteiger partial charge in [0.15, 0.2) is 11.6 Å². The van der Waals surface area contributed by atoms with Crippen LogP contribution in [-0.4, -0.2) is 52.6 Å². The Bertz CT molecular complexity index is 714. The molecule has 2 aromatic rings. The predicted octanol–water partition coefficient (Wildman–Crippen LogP) is 3.00. The zero-order valence-electron chi connectivity index (χ0n) is 16.4. The average molecular weight is 357 g/mol. The molecule has 0 spiro atoms. The molecule has 3 rings (SSSR count). The third kappa shape index (κ3) is 4.74. The van der Waals surface area contributed by atoms with Gasteiger partial charge in [-0.15, -0.1) is 10.2 Å². The van der Waals surface area contributed by atoms with Crippen molar-refractivity contribution in [3.8, 4) is 0 Å². The lowest BCUT2D eigenvalue weighted by Gasteiger charge is -2.31. The maximum atomic E-state index is 4.45. The van der Waals surface area contributed by atoms with Gasteiger partial charge in [0, 0.05) is 39.8 Å². The molecule has 26 heavy (non-hydrogen) atoms. The van der Waals surface area contributed by atoms with Crippen LogP contribution in [0.25, 0.3) is 5.65 Å². The van der Waals surface area contributed by atoms with Crippen LogP contribution < -0.4 is 5.32 Å². The van der Waals surface area contributed by atoms with E-state index in [4.69, 9.17) is 0 Å². The van der Waals surface area contributed by atoms with E-state index in [0.717, 1.165) is 55.2 Å². The third-order valence-electron chi connectivity index (χ3n) is 5.49. The molecule has 1 aliphatic rings. The summed E-state index contributed by atoms with van der Waals surface area (Å²) in [5.74, 6) is 3.72. The number of hydrogen-bond acceptors (Lipinski definition) is 3. The number of rotatable bonds is 6. The van der Waals surface area contributed by atoms with E-state index >= 15 is 0 Å². The molecule has 1 saturated carbocycles. The molecule has 2 aromatic heterocycles. The predicted molar refractivity (Wildman–Crippen MR) is 106 cm³/mol. The van der Waals surface area contributed by atoms with E-state index in [9.17, 15) is 0 Å². The summed E-state index contributed by atoms with van der Waals surface area (Å²) in [4.78, 5) is 6.74. The van der Waals surface area contributed by atoms with E-state index in [0.29, 0.717) is 0 Å². The number of aliphatic imine (C=N–C) groups is 1. The molecule has 6 nitrogen and oxygen atoms in total. The smallest absolute Gasteiger partial charge is 0.193 e. The molecule has 2 heterocycles. The molecule has 0 aromatic carbocycles. The summed E-state index contributed by atoms with van der Waals surface area (Å²) in [5, 5.41) is 12.0. The Morgan fingerprint density at radius 1 is 1.27 bits per heavy atom. The summed E-state index contributed by atoms with van der Waals surface area (Å²) < 4.78 is 2.06. The van der Waals surface area contributed by atoms with E-state index < -0.39 is 0 Å². The Morgan fingerprint density at radius 2 is 2.08 bits per heavy atom. The van der Waals surface area contributed by atoms with Crippen LogP contribution in [0.2, 0.25) is 0 Å². The second-order valence-corrected chi connectivity index (χ2v) is 7.63. The minimum absolute atomic E-state index is 0.803. The molecule has 6 heteroatoms. The molecular weight excluding hydrogens is 324 g/mol. The first-order chi connectivity index (χ1) is 12.7. The van der Waals surface area contributed by atoms with Gasteiger partial charge in [0.25, 0.3) is 0 Å². The van der Waals surface area contributed by atoms with Crippen LogP contribution in [-0.2, 0) is 6.42 Å². The van der Waals surface area contributed by atoms with E-state index in [1.54, 1.807) is 0 Å².